The Morgan fingerprint density at radius 3 is 2.67 bits per heavy atom. The number of rotatable bonds is 9. The number of para-hydroxylation sites is 2. The quantitative estimate of drug-likeness (QED) is 0.711. The molecule has 0 radical (unpaired) electrons. The Kier molecular flexibility index (Phi) is 6.69. The number of nitrogens with two attached hydrogens (primary N) is 1. The van der Waals surface area contributed by atoms with Gasteiger partial charge in [-0.3, -0.25) is 4.79 Å². The Bertz CT molecular complexity index is 654. The van der Waals surface area contributed by atoms with E-state index in [2.05, 4.69) is 0 Å². The highest BCUT2D eigenvalue weighted by molar-refractivity contribution is 5.75. The van der Waals surface area contributed by atoms with Crippen LogP contribution in [0.15, 0.2) is 42.6 Å². The summed E-state index contributed by atoms with van der Waals surface area (Å²) in [5.41, 5.74) is 6.86. The third-order valence-electron chi connectivity index (χ3n) is 3.60. The third kappa shape index (κ3) is 4.76. The van der Waals surface area contributed by atoms with Crippen molar-refractivity contribution in [1.82, 2.24) is 4.57 Å². The summed E-state index contributed by atoms with van der Waals surface area (Å²) >= 11 is 0. The number of nitrogens with zero attached hydrogens (tertiary/aromatic N) is 1. The van der Waals surface area contributed by atoms with E-state index < -0.39 is 6.04 Å². The van der Waals surface area contributed by atoms with Crippen molar-refractivity contribution in [2.24, 2.45) is 5.73 Å². The van der Waals surface area contributed by atoms with Crippen LogP contribution >= 0.6 is 0 Å². The largest absolute Gasteiger partial charge is 0.493 e. The Morgan fingerprint density at radius 1 is 1.21 bits per heavy atom. The second-order valence-corrected chi connectivity index (χ2v) is 5.25. The number of esters is 1. The van der Waals surface area contributed by atoms with Gasteiger partial charge in [0.2, 0.25) is 0 Å². The molecule has 6 nitrogen and oxygen atoms in total. The van der Waals surface area contributed by atoms with E-state index in [-0.39, 0.29) is 5.97 Å². The van der Waals surface area contributed by atoms with E-state index in [0.717, 1.165) is 5.69 Å². The normalized spacial score (nSPS) is 11.8. The highest BCUT2D eigenvalue weighted by Gasteiger charge is 2.16. The van der Waals surface area contributed by atoms with Crippen LogP contribution < -0.4 is 15.2 Å². The number of carbonyl (C=O) groups is 1. The Balaban J connectivity index is 1.90. The third-order valence-corrected chi connectivity index (χ3v) is 3.60. The van der Waals surface area contributed by atoms with Gasteiger partial charge in [0.15, 0.2) is 11.5 Å². The van der Waals surface area contributed by atoms with Crippen LogP contribution in [0.2, 0.25) is 0 Å². The summed E-state index contributed by atoms with van der Waals surface area (Å²) in [6, 6.07) is 10.7. The van der Waals surface area contributed by atoms with Gasteiger partial charge in [0.25, 0.3) is 0 Å². The summed E-state index contributed by atoms with van der Waals surface area (Å²) < 4.78 is 18.0. The van der Waals surface area contributed by atoms with Gasteiger partial charge in [-0.1, -0.05) is 12.1 Å². The summed E-state index contributed by atoms with van der Waals surface area (Å²) in [5, 5.41) is 0. The van der Waals surface area contributed by atoms with E-state index in [1.807, 2.05) is 47.2 Å². The molecule has 0 aliphatic carbocycles. The van der Waals surface area contributed by atoms with Gasteiger partial charge in [-0.25, -0.2) is 0 Å². The maximum Gasteiger partial charge on any atom is 0.323 e. The molecule has 24 heavy (non-hydrogen) atoms. The van der Waals surface area contributed by atoms with Gasteiger partial charge in [-0.15, -0.1) is 0 Å². The van der Waals surface area contributed by atoms with Crippen LogP contribution in [-0.2, 0) is 22.5 Å². The maximum absolute atomic E-state index is 11.7. The van der Waals surface area contributed by atoms with E-state index in [1.54, 1.807) is 14.0 Å². The van der Waals surface area contributed by atoms with Crippen molar-refractivity contribution in [2.45, 2.75) is 25.9 Å². The first-order chi connectivity index (χ1) is 11.7. The van der Waals surface area contributed by atoms with Gasteiger partial charge >= 0.3 is 5.97 Å². The first-order valence-corrected chi connectivity index (χ1v) is 7.97. The zero-order valence-corrected chi connectivity index (χ0v) is 14.1. The number of methoxy groups -OCH3 is 1. The van der Waals surface area contributed by atoms with E-state index in [4.69, 9.17) is 19.9 Å². The average Bonchev–Trinajstić information content (AvgIpc) is 3.02. The second-order valence-electron chi connectivity index (χ2n) is 5.25. The fourth-order valence-electron chi connectivity index (χ4n) is 2.40. The molecule has 1 heterocycles. The van der Waals surface area contributed by atoms with Crippen molar-refractivity contribution in [3.63, 3.8) is 0 Å². The van der Waals surface area contributed by atoms with Crippen molar-refractivity contribution in [1.29, 1.82) is 0 Å². The first kappa shape index (κ1) is 17.9. The molecule has 130 valence electrons. The number of hydrogen-bond donors (Lipinski definition) is 1. The molecule has 6 heteroatoms. The highest BCUT2D eigenvalue weighted by atomic mass is 16.5. The highest BCUT2D eigenvalue weighted by Crippen LogP contribution is 2.25. The molecule has 0 bridgehead atoms. The molecule has 1 aromatic carbocycles. The second kappa shape index (κ2) is 8.98. The number of carbonyl (C=O) groups excluding carboxylic acids is 1. The van der Waals surface area contributed by atoms with Crippen LogP contribution in [0.25, 0.3) is 0 Å². The van der Waals surface area contributed by atoms with Crippen LogP contribution in [0.3, 0.4) is 0 Å². The lowest BCUT2D eigenvalue weighted by Gasteiger charge is -2.14. The standard InChI is InChI=1S/C18H24N2O4/c1-3-23-18(21)15(19)13-14-7-6-10-20(14)11-12-24-17-9-5-4-8-16(17)22-2/h4-10,15H,3,11-13,19H2,1-2H3. The zero-order chi connectivity index (χ0) is 17.4. The Morgan fingerprint density at radius 2 is 1.96 bits per heavy atom. The predicted molar refractivity (Wildman–Crippen MR) is 91.2 cm³/mol. The van der Waals surface area contributed by atoms with E-state index in [1.165, 1.54) is 0 Å². The van der Waals surface area contributed by atoms with Crippen molar-refractivity contribution < 1.29 is 19.0 Å². The van der Waals surface area contributed by atoms with Crippen molar-refractivity contribution in [3.8, 4) is 11.5 Å². The molecule has 2 rings (SSSR count). The van der Waals surface area contributed by atoms with Crippen LogP contribution in [0, 0.1) is 0 Å². The summed E-state index contributed by atoms with van der Waals surface area (Å²) in [5.74, 6) is 1.03. The van der Waals surface area contributed by atoms with Crippen molar-refractivity contribution in [2.75, 3.05) is 20.3 Å². The van der Waals surface area contributed by atoms with Gasteiger partial charge in [0, 0.05) is 18.3 Å². The topological polar surface area (TPSA) is 75.7 Å². The molecule has 1 atom stereocenters. The minimum absolute atomic E-state index is 0.334. The van der Waals surface area contributed by atoms with Crippen molar-refractivity contribution in [3.05, 3.63) is 48.3 Å². The zero-order valence-electron chi connectivity index (χ0n) is 14.1. The van der Waals surface area contributed by atoms with Gasteiger partial charge in [0.05, 0.1) is 20.3 Å². The lowest BCUT2D eigenvalue weighted by molar-refractivity contribution is -0.144. The number of aromatic nitrogens is 1. The minimum atomic E-state index is -0.659. The SMILES string of the molecule is CCOC(=O)C(N)Cc1cccn1CCOc1ccccc1OC. The fourth-order valence-corrected chi connectivity index (χ4v) is 2.40. The minimum Gasteiger partial charge on any atom is -0.493 e. The van der Waals surface area contributed by atoms with Crippen LogP contribution in [0.4, 0.5) is 0 Å². The van der Waals surface area contributed by atoms with Crippen LogP contribution in [0.5, 0.6) is 11.5 Å². The molecule has 2 aromatic rings. The molecule has 2 N–H and O–H groups in total. The number of benzene rings is 1. The van der Waals surface area contributed by atoms with Gasteiger partial charge in [-0.05, 0) is 31.2 Å². The molecule has 0 aliphatic rings. The van der Waals surface area contributed by atoms with Gasteiger partial charge in [-0.2, -0.15) is 0 Å². The van der Waals surface area contributed by atoms with Crippen molar-refractivity contribution >= 4 is 5.97 Å². The number of ether oxygens (including phenoxy) is 3. The molecule has 0 fully saturated rings. The average molecular weight is 332 g/mol. The molecule has 0 amide bonds. The predicted octanol–water partition coefficient (Wildman–Crippen LogP) is 2.01. The number of hydrogen-bond acceptors (Lipinski definition) is 5. The first-order valence-electron chi connectivity index (χ1n) is 7.97. The molecule has 0 saturated carbocycles. The van der Waals surface area contributed by atoms with Gasteiger partial charge in [0.1, 0.15) is 12.6 Å². The summed E-state index contributed by atoms with van der Waals surface area (Å²) in [7, 11) is 1.61. The summed E-state index contributed by atoms with van der Waals surface area (Å²) in [6.45, 7) is 3.23. The van der Waals surface area contributed by atoms with Crippen LogP contribution in [-0.4, -0.2) is 36.9 Å². The molecular formula is C18H24N2O4. The van der Waals surface area contributed by atoms with E-state index >= 15 is 0 Å². The lowest BCUT2D eigenvalue weighted by Crippen LogP contribution is -2.35. The molecule has 0 spiro atoms. The van der Waals surface area contributed by atoms with E-state index in [0.29, 0.717) is 37.7 Å². The maximum atomic E-state index is 11.7. The lowest BCUT2D eigenvalue weighted by atomic mass is 10.1. The molecule has 1 aromatic heterocycles. The smallest absolute Gasteiger partial charge is 0.323 e. The summed E-state index contributed by atoms with van der Waals surface area (Å²) in [4.78, 5) is 11.7. The molecular weight excluding hydrogens is 308 g/mol. The molecule has 1 unspecified atom stereocenters. The monoisotopic (exact) mass is 332 g/mol. The van der Waals surface area contributed by atoms with Crippen LogP contribution in [0.1, 0.15) is 12.6 Å². The van der Waals surface area contributed by atoms with E-state index in [9.17, 15) is 4.79 Å². The Labute approximate surface area is 142 Å². The Hall–Kier alpha value is -2.47. The molecule has 0 saturated heterocycles. The summed E-state index contributed by atoms with van der Waals surface area (Å²) in [6.07, 6.45) is 2.37. The van der Waals surface area contributed by atoms with Gasteiger partial charge < -0.3 is 24.5 Å². The molecule has 0 aliphatic heterocycles. The fraction of sp³-hybridized carbons (Fsp3) is 0.389.